The van der Waals surface area contributed by atoms with Gasteiger partial charge in [-0.25, -0.2) is 13.4 Å². The van der Waals surface area contributed by atoms with E-state index in [1.807, 2.05) is 11.3 Å². The number of amides is 1. The summed E-state index contributed by atoms with van der Waals surface area (Å²) in [5.74, 6) is 3.65. The van der Waals surface area contributed by atoms with Crippen molar-refractivity contribution in [2.45, 2.75) is 84.1 Å². The van der Waals surface area contributed by atoms with Crippen LogP contribution in [-0.2, 0) is 21.4 Å². The molecule has 0 spiro atoms. The first-order chi connectivity index (χ1) is 17.8. The summed E-state index contributed by atoms with van der Waals surface area (Å²) in [4.78, 5) is 23.6. The zero-order valence-corrected chi connectivity index (χ0v) is 24.4. The molecule has 37 heavy (non-hydrogen) atoms. The summed E-state index contributed by atoms with van der Waals surface area (Å²) in [5, 5.41) is 1.30. The number of likely N-dealkylation sites (tertiary alicyclic amines) is 1. The highest BCUT2D eigenvalue weighted by Gasteiger charge is 2.37. The summed E-state index contributed by atoms with van der Waals surface area (Å²) in [6.07, 6.45) is 12.9. The number of hydrogen-bond donors (Lipinski definition) is 0. The smallest absolute Gasteiger partial charge is 0.225 e. The second kappa shape index (κ2) is 12.0. The molecule has 0 aromatic carbocycles. The maximum absolute atomic E-state index is 12.9. The molecule has 5 rings (SSSR count). The van der Waals surface area contributed by atoms with E-state index < -0.39 is 10.0 Å². The van der Waals surface area contributed by atoms with Gasteiger partial charge in [0.05, 0.1) is 10.8 Å². The van der Waals surface area contributed by atoms with Crippen LogP contribution in [0.15, 0.2) is 6.20 Å². The van der Waals surface area contributed by atoms with E-state index in [4.69, 9.17) is 4.98 Å². The van der Waals surface area contributed by atoms with Gasteiger partial charge in [-0.2, -0.15) is 4.31 Å². The number of aromatic nitrogens is 1. The zero-order valence-electron chi connectivity index (χ0n) is 22.8. The van der Waals surface area contributed by atoms with E-state index in [2.05, 4.69) is 22.9 Å². The first-order valence-electron chi connectivity index (χ1n) is 14.8. The molecule has 4 fully saturated rings. The Balaban J connectivity index is 1.12. The Morgan fingerprint density at radius 1 is 0.973 bits per heavy atom. The van der Waals surface area contributed by atoms with E-state index in [1.54, 1.807) is 11.2 Å². The van der Waals surface area contributed by atoms with Crippen molar-refractivity contribution in [2.24, 2.45) is 23.7 Å². The molecule has 3 atom stereocenters. The van der Waals surface area contributed by atoms with Crippen LogP contribution in [-0.4, -0.2) is 78.4 Å². The molecule has 9 heteroatoms. The topological polar surface area (TPSA) is 73.8 Å². The quantitative estimate of drug-likeness (QED) is 0.498. The first-order valence-corrected chi connectivity index (χ1v) is 17.2. The van der Waals surface area contributed by atoms with Crippen molar-refractivity contribution in [3.8, 4) is 0 Å². The molecule has 3 heterocycles. The summed E-state index contributed by atoms with van der Waals surface area (Å²) in [6.45, 7) is 9.68. The Labute approximate surface area is 228 Å². The fraction of sp³-hybridized carbons (Fsp3) is 0.857. The maximum atomic E-state index is 12.9. The van der Waals surface area contributed by atoms with Crippen molar-refractivity contribution in [2.75, 3.05) is 45.0 Å². The third-order valence-electron chi connectivity index (χ3n) is 9.82. The highest BCUT2D eigenvalue weighted by molar-refractivity contribution is 7.89. The van der Waals surface area contributed by atoms with Crippen LogP contribution in [0.25, 0.3) is 0 Å². The van der Waals surface area contributed by atoms with Gasteiger partial charge in [0.15, 0.2) is 0 Å². The summed E-state index contributed by atoms with van der Waals surface area (Å²) in [6, 6.07) is 0. The van der Waals surface area contributed by atoms with Crippen molar-refractivity contribution in [1.82, 2.24) is 19.1 Å². The van der Waals surface area contributed by atoms with E-state index in [0.29, 0.717) is 36.8 Å². The molecule has 0 bridgehead atoms. The van der Waals surface area contributed by atoms with Crippen LogP contribution in [0.5, 0.6) is 0 Å². The number of thiazole rings is 1. The monoisotopic (exact) mass is 550 g/mol. The molecule has 2 saturated carbocycles. The largest absolute Gasteiger partial charge is 0.342 e. The number of hydrogen-bond acceptors (Lipinski definition) is 6. The molecule has 2 saturated heterocycles. The first kappa shape index (κ1) is 27.5. The van der Waals surface area contributed by atoms with Crippen LogP contribution in [0.2, 0.25) is 0 Å². The number of piperidine rings is 1. The molecule has 1 aromatic rings. The molecule has 2 aliphatic heterocycles. The van der Waals surface area contributed by atoms with E-state index in [1.165, 1.54) is 54.8 Å². The Kier molecular flexibility index (Phi) is 8.94. The van der Waals surface area contributed by atoms with E-state index in [0.717, 1.165) is 57.4 Å². The average Bonchev–Trinajstić information content (AvgIpc) is 3.62. The Morgan fingerprint density at radius 2 is 1.68 bits per heavy atom. The van der Waals surface area contributed by atoms with E-state index >= 15 is 0 Å². The second-order valence-corrected chi connectivity index (χ2v) is 15.4. The number of sulfonamides is 1. The highest BCUT2D eigenvalue weighted by atomic mass is 32.2. The molecule has 0 N–H and O–H groups in total. The minimum atomic E-state index is -3.08. The molecular weight excluding hydrogens is 504 g/mol. The normalized spacial score (nSPS) is 29.7. The Hall–Kier alpha value is -1.03. The average molecular weight is 551 g/mol. The summed E-state index contributed by atoms with van der Waals surface area (Å²) >= 11 is 1.88. The van der Waals surface area contributed by atoms with Crippen LogP contribution < -0.4 is 0 Å². The van der Waals surface area contributed by atoms with Gasteiger partial charge in [0.25, 0.3) is 0 Å². The SMILES string of the molecule is CCS(=O)(=O)N1CCN(Cc2cnc(C3CC(C4CCN(C(=O)C5CCCC5)CC4)CCC3C)s2)CC1. The molecule has 208 valence electrons. The fourth-order valence-corrected chi connectivity index (χ4v) is 9.58. The molecule has 2 aliphatic carbocycles. The molecule has 1 aromatic heterocycles. The van der Waals surface area contributed by atoms with Gasteiger partial charge >= 0.3 is 0 Å². The lowest BCUT2D eigenvalue weighted by Crippen LogP contribution is -2.48. The lowest BCUT2D eigenvalue weighted by Gasteiger charge is -2.41. The van der Waals surface area contributed by atoms with Crippen LogP contribution >= 0.6 is 11.3 Å². The Bertz CT molecular complexity index is 1010. The number of carbonyl (C=O) groups excluding carboxylic acids is 1. The third-order valence-corrected chi connectivity index (χ3v) is 12.8. The third kappa shape index (κ3) is 6.42. The number of nitrogens with zero attached hydrogens (tertiary/aromatic N) is 4. The van der Waals surface area contributed by atoms with Gasteiger partial charge in [-0.05, 0) is 69.6 Å². The number of piperazine rings is 1. The van der Waals surface area contributed by atoms with Crippen LogP contribution in [0, 0.1) is 23.7 Å². The maximum Gasteiger partial charge on any atom is 0.225 e. The molecule has 1 amide bonds. The molecule has 4 aliphatic rings. The summed E-state index contributed by atoms with van der Waals surface area (Å²) < 4.78 is 25.9. The van der Waals surface area contributed by atoms with Gasteiger partial charge in [0.2, 0.25) is 15.9 Å². The molecule has 3 unspecified atom stereocenters. The second-order valence-electron chi connectivity index (χ2n) is 12.0. The number of rotatable bonds is 7. The van der Waals surface area contributed by atoms with Gasteiger partial charge in [0.1, 0.15) is 0 Å². The van der Waals surface area contributed by atoms with Crippen LogP contribution in [0.4, 0.5) is 0 Å². The van der Waals surface area contributed by atoms with Gasteiger partial charge in [-0.15, -0.1) is 11.3 Å². The predicted octanol–water partition coefficient (Wildman–Crippen LogP) is 4.56. The van der Waals surface area contributed by atoms with Crippen LogP contribution in [0.1, 0.15) is 87.4 Å². The predicted molar refractivity (Wildman–Crippen MR) is 149 cm³/mol. The lowest BCUT2D eigenvalue weighted by molar-refractivity contribution is -0.137. The lowest BCUT2D eigenvalue weighted by atomic mass is 9.68. The number of carbonyl (C=O) groups is 1. The van der Waals surface area contributed by atoms with Gasteiger partial charge in [0, 0.05) is 68.7 Å². The van der Waals surface area contributed by atoms with Gasteiger partial charge in [-0.3, -0.25) is 9.69 Å². The standard InChI is InChI=1S/C28H46N4O3S2/c1-3-37(34,35)32-16-14-30(15-17-32)20-25-19-29-27(36-25)26-18-24(9-8-21(26)2)22-10-12-31(13-11-22)28(33)23-6-4-5-7-23/h19,21-24,26H,3-18,20H2,1-2H3. The summed E-state index contributed by atoms with van der Waals surface area (Å²) in [7, 11) is -3.08. The van der Waals surface area contributed by atoms with Crippen molar-refractivity contribution in [3.63, 3.8) is 0 Å². The minimum absolute atomic E-state index is 0.184. The van der Waals surface area contributed by atoms with E-state index in [-0.39, 0.29) is 5.75 Å². The summed E-state index contributed by atoms with van der Waals surface area (Å²) in [5.41, 5.74) is 0. The molecule has 0 radical (unpaired) electrons. The van der Waals surface area contributed by atoms with Crippen LogP contribution in [0.3, 0.4) is 0 Å². The highest BCUT2D eigenvalue weighted by Crippen LogP contribution is 2.46. The van der Waals surface area contributed by atoms with Crippen molar-refractivity contribution >= 4 is 27.3 Å². The zero-order chi connectivity index (χ0) is 26.0. The minimum Gasteiger partial charge on any atom is -0.342 e. The fourth-order valence-electron chi connectivity index (χ4n) is 7.28. The molecular formula is C28H46N4O3S2. The van der Waals surface area contributed by atoms with Crippen molar-refractivity contribution in [3.05, 3.63) is 16.1 Å². The van der Waals surface area contributed by atoms with Gasteiger partial charge < -0.3 is 4.90 Å². The van der Waals surface area contributed by atoms with Crippen molar-refractivity contribution < 1.29 is 13.2 Å². The van der Waals surface area contributed by atoms with E-state index in [9.17, 15) is 13.2 Å². The Morgan fingerprint density at radius 3 is 2.35 bits per heavy atom. The van der Waals surface area contributed by atoms with Crippen molar-refractivity contribution in [1.29, 1.82) is 0 Å². The van der Waals surface area contributed by atoms with Gasteiger partial charge in [-0.1, -0.05) is 19.8 Å². The molecule has 7 nitrogen and oxygen atoms in total.